The summed E-state index contributed by atoms with van der Waals surface area (Å²) in [5.74, 6) is 0.269. The predicted molar refractivity (Wildman–Crippen MR) is 78.2 cm³/mol. The van der Waals surface area contributed by atoms with E-state index in [4.69, 9.17) is 21.1 Å². The van der Waals surface area contributed by atoms with E-state index in [-0.39, 0.29) is 18.7 Å². The molecule has 0 spiro atoms. The van der Waals surface area contributed by atoms with E-state index in [1.54, 1.807) is 24.3 Å². The molecule has 0 bridgehead atoms. The molecule has 0 aromatic heterocycles. The molecule has 20 heavy (non-hydrogen) atoms. The van der Waals surface area contributed by atoms with Gasteiger partial charge in [-0.25, -0.2) is 4.79 Å². The van der Waals surface area contributed by atoms with Gasteiger partial charge < -0.3 is 9.47 Å². The molecule has 1 unspecified atom stereocenters. The molecule has 0 saturated carbocycles. The van der Waals surface area contributed by atoms with Gasteiger partial charge in [-0.2, -0.15) is 0 Å². The zero-order chi connectivity index (χ0) is 14.4. The SMILES string of the molecule is CC(CN1CCCC1)OC(=O)COc1ccc(Cl)cc1. The summed E-state index contributed by atoms with van der Waals surface area (Å²) in [5, 5.41) is 0.638. The monoisotopic (exact) mass is 297 g/mol. The average Bonchev–Trinajstić information content (AvgIpc) is 2.90. The molecule has 1 aromatic rings. The molecule has 4 nitrogen and oxygen atoms in total. The highest BCUT2D eigenvalue weighted by atomic mass is 35.5. The Bertz CT molecular complexity index is 429. The zero-order valence-electron chi connectivity index (χ0n) is 11.7. The molecular formula is C15H20ClNO3. The number of likely N-dealkylation sites (tertiary alicyclic amines) is 1. The summed E-state index contributed by atoms with van der Waals surface area (Å²) in [5.41, 5.74) is 0. The second-order valence-corrected chi connectivity index (χ2v) is 5.49. The number of esters is 1. The fourth-order valence-corrected chi connectivity index (χ4v) is 2.42. The molecule has 0 amide bonds. The molecule has 5 heteroatoms. The minimum atomic E-state index is -0.341. The second kappa shape index (κ2) is 7.50. The van der Waals surface area contributed by atoms with Crippen LogP contribution in [0.1, 0.15) is 19.8 Å². The van der Waals surface area contributed by atoms with Crippen LogP contribution >= 0.6 is 11.6 Å². The van der Waals surface area contributed by atoms with Crippen molar-refractivity contribution in [3.63, 3.8) is 0 Å². The summed E-state index contributed by atoms with van der Waals surface area (Å²) < 4.78 is 10.7. The molecule has 0 N–H and O–H groups in total. The summed E-state index contributed by atoms with van der Waals surface area (Å²) in [4.78, 5) is 14.0. The average molecular weight is 298 g/mol. The fraction of sp³-hybridized carbons (Fsp3) is 0.533. The predicted octanol–water partition coefficient (Wildman–Crippen LogP) is 2.75. The highest BCUT2D eigenvalue weighted by Gasteiger charge is 2.17. The lowest BCUT2D eigenvalue weighted by atomic mass is 10.3. The maximum Gasteiger partial charge on any atom is 0.344 e. The number of benzene rings is 1. The van der Waals surface area contributed by atoms with E-state index in [2.05, 4.69) is 4.90 Å². The van der Waals surface area contributed by atoms with Crippen molar-refractivity contribution in [1.82, 2.24) is 4.90 Å². The first-order valence-corrected chi connectivity index (χ1v) is 7.31. The quantitative estimate of drug-likeness (QED) is 0.757. The number of halogens is 1. The lowest BCUT2D eigenvalue weighted by molar-refractivity contribution is -0.151. The molecule has 110 valence electrons. The van der Waals surface area contributed by atoms with Crippen molar-refractivity contribution < 1.29 is 14.3 Å². The lowest BCUT2D eigenvalue weighted by Gasteiger charge is -2.20. The van der Waals surface area contributed by atoms with Crippen LogP contribution < -0.4 is 4.74 Å². The van der Waals surface area contributed by atoms with Gasteiger partial charge in [-0.1, -0.05) is 11.6 Å². The van der Waals surface area contributed by atoms with Crippen LogP contribution in [0, 0.1) is 0 Å². The van der Waals surface area contributed by atoms with Gasteiger partial charge in [-0.15, -0.1) is 0 Å². The summed E-state index contributed by atoms with van der Waals surface area (Å²) in [6.07, 6.45) is 2.37. The van der Waals surface area contributed by atoms with E-state index in [9.17, 15) is 4.79 Å². The standard InChI is InChI=1S/C15H20ClNO3/c1-12(10-17-8-2-3-9-17)20-15(18)11-19-14-6-4-13(16)5-7-14/h4-7,12H,2-3,8-11H2,1H3. The summed E-state index contributed by atoms with van der Waals surface area (Å²) in [7, 11) is 0. The third-order valence-corrected chi connectivity index (χ3v) is 3.47. The minimum Gasteiger partial charge on any atom is -0.482 e. The molecule has 1 saturated heterocycles. The minimum absolute atomic E-state index is 0.0774. The molecule has 1 heterocycles. The van der Waals surface area contributed by atoms with Gasteiger partial charge in [0.2, 0.25) is 0 Å². The Kier molecular flexibility index (Phi) is 5.68. The van der Waals surface area contributed by atoms with E-state index in [1.807, 2.05) is 6.92 Å². The van der Waals surface area contributed by atoms with Gasteiger partial charge in [0.25, 0.3) is 0 Å². The van der Waals surface area contributed by atoms with Crippen molar-refractivity contribution in [1.29, 1.82) is 0 Å². The Hall–Kier alpha value is -1.26. The molecule has 1 aliphatic heterocycles. The topological polar surface area (TPSA) is 38.8 Å². The van der Waals surface area contributed by atoms with Gasteiger partial charge in [0.15, 0.2) is 6.61 Å². The maximum atomic E-state index is 11.7. The van der Waals surface area contributed by atoms with Crippen LogP contribution in [0.4, 0.5) is 0 Å². The highest BCUT2D eigenvalue weighted by molar-refractivity contribution is 6.30. The number of nitrogens with zero attached hydrogens (tertiary/aromatic N) is 1. The van der Waals surface area contributed by atoms with Gasteiger partial charge >= 0.3 is 5.97 Å². The van der Waals surface area contributed by atoms with Crippen LogP contribution in [-0.2, 0) is 9.53 Å². The molecule has 0 aliphatic carbocycles. The molecule has 1 fully saturated rings. The molecule has 1 aromatic carbocycles. The number of hydrogen-bond acceptors (Lipinski definition) is 4. The van der Waals surface area contributed by atoms with Gasteiger partial charge in [0.05, 0.1) is 0 Å². The second-order valence-electron chi connectivity index (χ2n) is 5.05. The number of hydrogen-bond donors (Lipinski definition) is 0. The van der Waals surface area contributed by atoms with Crippen molar-refractivity contribution in [2.45, 2.75) is 25.9 Å². The largest absolute Gasteiger partial charge is 0.482 e. The van der Waals surface area contributed by atoms with Crippen LogP contribution in [0.25, 0.3) is 0 Å². The summed E-state index contributed by atoms with van der Waals surface area (Å²) in [6, 6.07) is 6.89. The molecule has 1 atom stereocenters. The molecule has 1 aliphatic rings. The Morgan fingerprint density at radius 1 is 1.30 bits per heavy atom. The summed E-state index contributed by atoms with van der Waals surface area (Å²) in [6.45, 7) is 4.84. The maximum absolute atomic E-state index is 11.7. The molecule has 2 rings (SSSR count). The first-order valence-electron chi connectivity index (χ1n) is 6.93. The smallest absolute Gasteiger partial charge is 0.344 e. The van der Waals surface area contributed by atoms with Gasteiger partial charge in [0, 0.05) is 11.6 Å². The number of rotatable bonds is 6. The van der Waals surface area contributed by atoms with Crippen LogP contribution in [0.5, 0.6) is 5.75 Å². The van der Waals surface area contributed by atoms with Crippen molar-refractivity contribution in [2.24, 2.45) is 0 Å². The van der Waals surface area contributed by atoms with Gasteiger partial charge in [-0.05, 0) is 57.1 Å². The number of carbonyl (C=O) groups excluding carboxylic acids is 1. The normalized spacial score (nSPS) is 16.9. The fourth-order valence-electron chi connectivity index (χ4n) is 2.30. The first-order chi connectivity index (χ1) is 9.63. The van der Waals surface area contributed by atoms with E-state index in [0.29, 0.717) is 10.8 Å². The van der Waals surface area contributed by atoms with Crippen LogP contribution in [0.15, 0.2) is 24.3 Å². The van der Waals surface area contributed by atoms with Crippen molar-refractivity contribution in [3.05, 3.63) is 29.3 Å². The Morgan fingerprint density at radius 2 is 1.95 bits per heavy atom. The van der Waals surface area contributed by atoms with Crippen LogP contribution in [-0.4, -0.2) is 43.2 Å². The number of ether oxygens (including phenoxy) is 2. The van der Waals surface area contributed by atoms with Crippen molar-refractivity contribution >= 4 is 17.6 Å². The van der Waals surface area contributed by atoms with Crippen LogP contribution in [0.2, 0.25) is 5.02 Å². The van der Waals surface area contributed by atoms with Gasteiger partial charge in [-0.3, -0.25) is 4.90 Å². The third kappa shape index (κ3) is 5.02. The summed E-state index contributed by atoms with van der Waals surface area (Å²) >= 11 is 5.77. The van der Waals surface area contributed by atoms with E-state index in [0.717, 1.165) is 19.6 Å². The van der Waals surface area contributed by atoms with E-state index in [1.165, 1.54) is 12.8 Å². The third-order valence-electron chi connectivity index (χ3n) is 3.22. The van der Waals surface area contributed by atoms with E-state index >= 15 is 0 Å². The lowest BCUT2D eigenvalue weighted by Crippen LogP contribution is -2.32. The van der Waals surface area contributed by atoms with Crippen molar-refractivity contribution in [3.8, 4) is 5.75 Å². The Labute approximate surface area is 124 Å². The molecule has 0 radical (unpaired) electrons. The van der Waals surface area contributed by atoms with Crippen molar-refractivity contribution in [2.75, 3.05) is 26.2 Å². The Balaban J connectivity index is 1.67. The highest BCUT2D eigenvalue weighted by Crippen LogP contribution is 2.15. The number of carbonyl (C=O) groups is 1. The van der Waals surface area contributed by atoms with Crippen LogP contribution in [0.3, 0.4) is 0 Å². The first kappa shape index (κ1) is 15.1. The molecular weight excluding hydrogens is 278 g/mol. The zero-order valence-corrected chi connectivity index (χ0v) is 12.4. The van der Waals surface area contributed by atoms with E-state index < -0.39 is 0 Å². The Morgan fingerprint density at radius 3 is 2.60 bits per heavy atom. The van der Waals surface area contributed by atoms with Gasteiger partial charge in [0.1, 0.15) is 11.9 Å².